The lowest BCUT2D eigenvalue weighted by atomic mass is 10.0. The molecule has 3 aromatic carbocycles. The first-order valence-corrected chi connectivity index (χ1v) is 12.7. The maximum atomic E-state index is 14.7. The summed E-state index contributed by atoms with van der Waals surface area (Å²) in [5.41, 5.74) is 1.88. The maximum Gasteiger partial charge on any atom is 0.319 e. The number of rotatable bonds is 7. The van der Waals surface area contributed by atoms with Crippen LogP contribution in [0.4, 0.5) is 14.9 Å². The number of nitrogens with zero attached hydrogens (tertiary/aromatic N) is 1. The summed E-state index contributed by atoms with van der Waals surface area (Å²) in [6.07, 6.45) is 0.0772. The number of hydrogen-bond donors (Lipinski definition) is 3. The third-order valence-electron chi connectivity index (χ3n) is 6.69. The molecule has 0 aromatic heterocycles. The number of aryl methyl sites for hydroxylation is 1. The van der Waals surface area contributed by atoms with E-state index in [2.05, 4.69) is 16.0 Å². The first-order chi connectivity index (χ1) is 19.6. The Balaban J connectivity index is 1.20. The number of nitrogens with one attached hydrogen (secondary N) is 3. The Kier molecular flexibility index (Phi) is 7.38. The third kappa shape index (κ3) is 5.57. The lowest BCUT2D eigenvalue weighted by Crippen LogP contribution is -2.54. The number of halogens is 1. The minimum atomic E-state index is -1.07. The average Bonchev–Trinajstić information content (AvgIpc) is 3.18. The average molecular weight is 561 g/mol. The molecule has 210 valence electrons. The first-order valence-electron chi connectivity index (χ1n) is 12.7. The van der Waals surface area contributed by atoms with Crippen molar-refractivity contribution >= 4 is 35.3 Å². The van der Waals surface area contributed by atoms with Crippen molar-refractivity contribution in [2.75, 3.05) is 12.4 Å². The van der Waals surface area contributed by atoms with E-state index in [1.54, 1.807) is 24.3 Å². The number of anilines is 1. The zero-order valence-electron chi connectivity index (χ0n) is 22.1. The van der Waals surface area contributed by atoms with E-state index in [4.69, 9.17) is 9.47 Å². The number of urea groups is 1. The van der Waals surface area contributed by atoms with Crippen LogP contribution >= 0.6 is 0 Å². The Morgan fingerprint density at radius 2 is 1.73 bits per heavy atom. The molecule has 5 rings (SSSR count). The molecule has 0 saturated carbocycles. The van der Waals surface area contributed by atoms with Crippen LogP contribution < -0.4 is 25.4 Å². The third-order valence-corrected chi connectivity index (χ3v) is 6.69. The summed E-state index contributed by atoms with van der Waals surface area (Å²) in [7, 11) is 1.49. The van der Waals surface area contributed by atoms with Crippen LogP contribution in [-0.4, -0.2) is 47.7 Å². The van der Waals surface area contributed by atoms with Crippen molar-refractivity contribution < 1.29 is 37.8 Å². The molecule has 1 saturated heterocycles. The monoisotopic (exact) mass is 560 g/mol. The fourth-order valence-corrected chi connectivity index (χ4v) is 4.62. The smallest absolute Gasteiger partial charge is 0.319 e. The molecule has 2 heterocycles. The van der Waals surface area contributed by atoms with Crippen molar-refractivity contribution in [2.45, 2.75) is 32.4 Å². The number of benzene rings is 3. The fraction of sp³-hybridized carbons (Fsp3) is 0.207. The van der Waals surface area contributed by atoms with Crippen LogP contribution in [0.1, 0.15) is 44.7 Å². The molecule has 11 nitrogen and oxygen atoms in total. The molecule has 0 radical (unpaired) electrons. The molecule has 3 N–H and O–H groups in total. The van der Waals surface area contributed by atoms with Crippen LogP contribution in [0.25, 0.3) is 0 Å². The highest BCUT2D eigenvalue weighted by atomic mass is 19.1. The molecule has 1 fully saturated rings. The van der Waals surface area contributed by atoms with Crippen LogP contribution in [0.15, 0.2) is 54.6 Å². The van der Waals surface area contributed by atoms with Crippen LogP contribution in [-0.2, 0) is 16.1 Å². The number of carbonyl (C=O) groups is 5. The molecule has 0 bridgehead atoms. The molecule has 12 heteroatoms. The van der Waals surface area contributed by atoms with Crippen molar-refractivity contribution in [1.29, 1.82) is 0 Å². The highest BCUT2D eigenvalue weighted by Crippen LogP contribution is 2.34. The molecule has 1 unspecified atom stereocenters. The number of fused-ring (bicyclic) bond motifs is 1. The summed E-state index contributed by atoms with van der Waals surface area (Å²) in [5, 5.41) is 7.29. The Labute approximate surface area is 233 Å². The van der Waals surface area contributed by atoms with E-state index >= 15 is 0 Å². The molecule has 1 atom stereocenters. The second kappa shape index (κ2) is 11.1. The van der Waals surface area contributed by atoms with Crippen LogP contribution in [0.2, 0.25) is 0 Å². The SMILES string of the molecule is COc1cc(C)ccc1Oc1ccc(NC(=O)NCc2ccc3c(c2)C(=O)N(C2CCC(=O)NC2=O)C3=O)cc1F. The molecule has 2 aliphatic heterocycles. The van der Waals surface area contributed by atoms with Crippen molar-refractivity contribution in [3.05, 3.63) is 82.7 Å². The van der Waals surface area contributed by atoms with Gasteiger partial charge in [0.05, 0.1) is 18.2 Å². The summed E-state index contributed by atoms with van der Waals surface area (Å²) in [5.74, 6) is -2.38. The molecule has 2 aliphatic rings. The largest absolute Gasteiger partial charge is 0.493 e. The highest BCUT2D eigenvalue weighted by molar-refractivity contribution is 6.23. The first kappa shape index (κ1) is 27.3. The van der Waals surface area contributed by atoms with Gasteiger partial charge in [-0.05, 0) is 60.9 Å². The summed E-state index contributed by atoms with van der Waals surface area (Å²) in [4.78, 5) is 62.8. The highest BCUT2D eigenvalue weighted by Gasteiger charge is 2.44. The fourth-order valence-electron chi connectivity index (χ4n) is 4.62. The van der Waals surface area contributed by atoms with Crippen molar-refractivity contribution in [2.24, 2.45) is 0 Å². The van der Waals surface area contributed by atoms with E-state index in [9.17, 15) is 28.4 Å². The van der Waals surface area contributed by atoms with Crippen LogP contribution in [0.3, 0.4) is 0 Å². The Morgan fingerprint density at radius 1 is 0.976 bits per heavy atom. The maximum absolute atomic E-state index is 14.7. The second-order valence-electron chi connectivity index (χ2n) is 9.54. The van der Waals surface area contributed by atoms with E-state index in [0.717, 1.165) is 16.5 Å². The minimum absolute atomic E-state index is 0.00407. The van der Waals surface area contributed by atoms with Gasteiger partial charge in [0.2, 0.25) is 11.8 Å². The number of carbonyl (C=O) groups excluding carboxylic acids is 5. The van der Waals surface area contributed by atoms with Gasteiger partial charge in [0.15, 0.2) is 23.1 Å². The standard InChI is InChI=1S/C29H25FN4O7/c1-15-3-8-23(24(11-15)40-2)41-22-9-5-17(13-20(22)30)32-29(39)31-14-16-4-6-18-19(12-16)28(38)34(27(18)37)21-7-10-25(35)33-26(21)36/h3-6,8-9,11-13,21H,7,10,14H2,1-2H3,(H2,31,32,39)(H,33,35,36). The van der Waals surface area contributed by atoms with Gasteiger partial charge >= 0.3 is 6.03 Å². The predicted molar refractivity (Wildman–Crippen MR) is 143 cm³/mol. The number of methoxy groups -OCH3 is 1. The number of amides is 6. The van der Waals surface area contributed by atoms with E-state index < -0.39 is 41.5 Å². The van der Waals surface area contributed by atoms with Gasteiger partial charge in [-0.2, -0.15) is 0 Å². The molecular weight excluding hydrogens is 535 g/mol. The van der Waals surface area contributed by atoms with Gasteiger partial charge in [-0.3, -0.25) is 29.4 Å². The summed E-state index contributed by atoms with van der Waals surface area (Å²) >= 11 is 0. The zero-order chi connectivity index (χ0) is 29.3. The quantitative estimate of drug-likeness (QED) is 0.374. The van der Waals surface area contributed by atoms with Crippen LogP contribution in [0.5, 0.6) is 17.2 Å². The van der Waals surface area contributed by atoms with Gasteiger partial charge in [0.25, 0.3) is 11.8 Å². The molecule has 0 spiro atoms. The molecule has 0 aliphatic carbocycles. The van der Waals surface area contributed by atoms with Gasteiger partial charge in [0.1, 0.15) is 6.04 Å². The Bertz CT molecular complexity index is 1610. The number of ether oxygens (including phenoxy) is 2. The lowest BCUT2D eigenvalue weighted by Gasteiger charge is -2.27. The number of piperidine rings is 1. The van der Waals surface area contributed by atoms with E-state index in [0.29, 0.717) is 17.1 Å². The van der Waals surface area contributed by atoms with Crippen molar-refractivity contribution in [3.63, 3.8) is 0 Å². The van der Waals surface area contributed by atoms with E-state index in [1.165, 1.54) is 31.4 Å². The summed E-state index contributed by atoms with van der Waals surface area (Å²) in [6, 6.07) is 12.0. The Morgan fingerprint density at radius 3 is 2.46 bits per heavy atom. The van der Waals surface area contributed by atoms with Crippen molar-refractivity contribution in [1.82, 2.24) is 15.5 Å². The normalized spacial score (nSPS) is 16.3. The minimum Gasteiger partial charge on any atom is -0.493 e. The summed E-state index contributed by atoms with van der Waals surface area (Å²) < 4.78 is 25.6. The topological polar surface area (TPSA) is 143 Å². The summed E-state index contributed by atoms with van der Waals surface area (Å²) in [6.45, 7) is 1.89. The number of imide groups is 2. The van der Waals surface area contributed by atoms with Gasteiger partial charge in [-0.25, -0.2) is 9.18 Å². The molecule has 6 amide bonds. The zero-order valence-corrected chi connectivity index (χ0v) is 22.1. The van der Waals surface area contributed by atoms with Gasteiger partial charge < -0.3 is 20.1 Å². The van der Waals surface area contributed by atoms with Gasteiger partial charge in [-0.1, -0.05) is 12.1 Å². The van der Waals surface area contributed by atoms with Gasteiger partial charge in [-0.15, -0.1) is 0 Å². The van der Waals surface area contributed by atoms with Crippen LogP contribution in [0, 0.1) is 12.7 Å². The molecule has 41 heavy (non-hydrogen) atoms. The van der Waals surface area contributed by atoms with Crippen molar-refractivity contribution in [3.8, 4) is 17.2 Å². The predicted octanol–water partition coefficient (Wildman–Crippen LogP) is 3.66. The molecule has 3 aromatic rings. The van der Waals surface area contributed by atoms with E-state index in [1.807, 2.05) is 6.92 Å². The second-order valence-corrected chi connectivity index (χ2v) is 9.54. The molecular formula is C29H25FN4O7. The Hall–Kier alpha value is -5.26. The van der Waals surface area contributed by atoms with E-state index in [-0.39, 0.29) is 42.0 Å². The lowest BCUT2D eigenvalue weighted by molar-refractivity contribution is -0.136. The number of hydrogen-bond acceptors (Lipinski definition) is 7. The van der Waals surface area contributed by atoms with Gasteiger partial charge in [0, 0.05) is 24.7 Å².